The normalized spacial score (nSPS) is 24.6. The molecule has 1 fully saturated rings. The van der Waals surface area contributed by atoms with E-state index >= 15 is 0 Å². The van der Waals surface area contributed by atoms with Gasteiger partial charge in [0.2, 0.25) is 5.91 Å². The van der Waals surface area contributed by atoms with Crippen LogP contribution in [0.15, 0.2) is 0 Å². The summed E-state index contributed by atoms with van der Waals surface area (Å²) in [5, 5.41) is 1.24. The molecule has 1 aromatic heterocycles. The smallest absolute Gasteiger partial charge is 0.236 e. The zero-order valence-electron chi connectivity index (χ0n) is 10.3. The Morgan fingerprint density at radius 2 is 2.00 bits per heavy atom. The summed E-state index contributed by atoms with van der Waals surface area (Å²) in [6.45, 7) is 4.17. The van der Waals surface area contributed by atoms with Crippen molar-refractivity contribution < 1.29 is 4.79 Å². The first-order valence-electron chi connectivity index (χ1n) is 6.06. The first kappa shape index (κ1) is 12.5. The van der Waals surface area contributed by atoms with Gasteiger partial charge < -0.3 is 0 Å². The van der Waals surface area contributed by atoms with E-state index in [0.29, 0.717) is 5.92 Å². The molecule has 0 saturated heterocycles. The number of rotatable bonds is 2. The molecule has 1 saturated carbocycles. The fourth-order valence-corrected chi connectivity index (χ4v) is 3.48. The lowest BCUT2D eigenvalue weighted by Crippen LogP contribution is -2.37. The summed E-state index contributed by atoms with van der Waals surface area (Å²) in [6, 6.07) is 0. The van der Waals surface area contributed by atoms with E-state index in [0.717, 1.165) is 31.4 Å². The lowest BCUT2D eigenvalue weighted by molar-refractivity contribution is -0.126. The lowest BCUT2D eigenvalue weighted by Gasteiger charge is -2.25. The van der Waals surface area contributed by atoms with E-state index in [4.69, 9.17) is 5.84 Å². The summed E-state index contributed by atoms with van der Waals surface area (Å²) in [4.78, 5) is 17.3. The summed E-state index contributed by atoms with van der Waals surface area (Å²) >= 11 is 1.80. The molecule has 0 aromatic carbocycles. The fraction of sp³-hybridized carbons (Fsp3) is 0.667. The number of aromatic nitrogens is 1. The minimum Gasteiger partial charge on any atom is -0.294 e. The second kappa shape index (κ2) is 5.14. The zero-order valence-corrected chi connectivity index (χ0v) is 11.1. The molecule has 0 atom stereocenters. The van der Waals surface area contributed by atoms with Crippen molar-refractivity contribution in [2.45, 2.75) is 45.4 Å². The van der Waals surface area contributed by atoms with Crippen LogP contribution in [0.4, 0.5) is 0 Å². The van der Waals surface area contributed by atoms with E-state index in [1.165, 1.54) is 9.88 Å². The molecule has 1 aliphatic rings. The standard InChI is InChI=1S/C12H19N3OS/c1-7-8(2)17-12(14-7)10-5-3-9(4-6-10)11(16)15-13/h9-10H,3-6,13H2,1-2H3,(H,15,16). The number of carbonyl (C=O) groups excluding carboxylic acids is 1. The molecule has 1 heterocycles. The van der Waals surface area contributed by atoms with Gasteiger partial charge in [0.25, 0.3) is 0 Å². The third-order valence-corrected chi connectivity index (χ3v) is 4.87. The molecule has 0 spiro atoms. The molecule has 17 heavy (non-hydrogen) atoms. The van der Waals surface area contributed by atoms with Crippen molar-refractivity contribution in [2.24, 2.45) is 11.8 Å². The van der Waals surface area contributed by atoms with Crippen LogP contribution in [0.5, 0.6) is 0 Å². The molecule has 94 valence electrons. The maximum absolute atomic E-state index is 11.4. The van der Waals surface area contributed by atoms with Crippen LogP contribution in [0.1, 0.15) is 47.2 Å². The molecule has 1 aromatic rings. The van der Waals surface area contributed by atoms with Crippen LogP contribution in [0, 0.1) is 19.8 Å². The van der Waals surface area contributed by atoms with Crippen LogP contribution >= 0.6 is 11.3 Å². The zero-order chi connectivity index (χ0) is 12.4. The predicted molar refractivity (Wildman–Crippen MR) is 68.6 cm³/mol. The number of aryl methyl sites for hydroxylation is 2. The number of nitrogens with two attached hydrogens (primary N) is 1. The van der Waals surface area contributed by atoms with Gasteiger partial charge >= 0.3 is 0 Å². The number of nitrogens with zero attached hydrogens (tertiary/aromatic N) is 1. The quantitative estimate of drug-likeness (QED) is 0.481. The highest BCUT2D eigenvalue weighted by molar-refractivity contribution is 7.11. The molecular weight excluding hydrogens is 234 g/mol. The molecule has 4 nitrogen and oxygen atoms in total. The van der Waals surface area contributed by atoms with Crippen molar-refractivity contribution in [3.05, 3.63) is 15.6 Å². The van der Waals surface area contributed by atoms with Crippen LogP contribution in [0.2, 0.25) is 0 Å². The van der Waals surface area contributed by atoms with Crippen molar-refractivity contribution in [3.63, 3.8) is 0 Å². The van der Waals surface area contributed by atoms with Gasteiger partial charge in [-0.1, -0.05) is 0 Å². The number of nitrogens with one attached hydrogen (secondary N) is 1. The van der Waals surface area contributed by atoms with Crippen LogP contribution in [0.25, 0.3) is 0 Å². The summed E-state index contributed by atoms with van der Waals surface area (Å²) in [5.74, 6) is 5.78. The van der Waals surface area contributed by atoms with Gasteiger partial charge in [-0.15, -0.1) is 11.3 Å². The first-order valence-corrected chi connectivity index (χ1v) is 6.88. The van der Waals surface area contributed by atoms with Gasteiger partial charge in [0, 0.05) is 16.7 Å². The molecule has 3 N–H and O–H groups in total. The Morgan fingerprint density at radius 1 is 1.35 bits per heavy atom. The molecule has 0 aliphatic heterocycles. The van der Waals surface area contributed by atoms with Gasteiger partial charge in [-0.3, -0.25) is 10.2 Å². The number of hydrogen-bond acceptors (Lipinski definition) is 4. The van der Waals surface area contributed by atoms with Crippen molar-refractivity contribution in [1.82, 2.24) is 10.4 Å². The second-order valence-corrected chi connectivity index (χ2v) is 5.99. The number of hydrazine groups is 1. The Bertz CT molecular complexity index is 388. The van der Waals surface area contributed by atoms with E-state index in [1.807, 2.05) is 0 Å². The van der Waals surface area contributed by atoms with Gasteiger partial charge in [0.1, 0.15) is 0 Å². The Morgan fingerprint density at radius 3 is 2.47 bits per heavy atom. The molecular formula is C12H19N3OS. The Hall–Kier alpha value is -0.940. The van der Waals surface area contributed by atoms with E-state index in [1.54, 1.807) is 11.3 Å². The molecule has 0 bridgehead atoms. The van der Waals surface area contributed by atoms with Gasteiger partial charge in [0.05, 0.1) is 10.7 Å². The second-order valence-electron chi connectivity index (χ2n) is 4.75. The third kappa shape index (κ3) is 2.66. The average Bonchev–Trinajstić information content (AvgIpc) is 2.69. The lowest BCUT2D eigenvalue weighted by atomic mass is 9.82. The summed E-state index contributed by atoms with van der Waals surface area (Å²) in [6.07, 6.45) is 3.94. The van der Waals surface area contributed by atoms with Gasteiger partial charge in [-0.25, -0.2) is 10.8 Å². The van der Waals surface area contributed by atoms with Crippen molar-refractivity contribution in [2.75, 3.05) is 0 Å². The molecule has 0 unspecified atom stereocenters. The third-order valence-electron chi connectivity index (χ3n) is 3.63. The highest BCUT2D eigenvalue weighted by Crippen LogP contribution is 2.37. The monoisotopic (exact) mass is 253 g/mol. The Labute approximate surface area is 106 Å². The molecule has 0 radical (unpaired) electrons. The minimum absolute atomic E-state index is 0.0186. The van der Waals surface area contributed by atoms with E-state index in [9.17, 15) is 4.79 Å². The van der Waals surface area contributed by atoms with Crippen molar-refractivity contribution >= 4 is 17.2 Å². The highest BCUT2D eigenvalue weighted by Gasteiger charge is 2.28. The molecule has 1 amide bonds. The molecule has 2 rings (SSSR count). The van der Waals surface area contributed by atoms with Crippen molar-refractivity contribution in [1.29, 1.82) is 0 Å². The highest BCUT2D eigenvalue weighted by atomic mass is 32.1. The summed E-state index contributed by atoms with van der Waals surface area (Å²) in [7, 11) is 0. The minimum atomic E-state index is -0.0186. The number of amides is 1. The van der Waals surface area contributed by atoms with E-state index in [2.05, 4.69) is 24.3 Å². The van der Waals surface area contributed by atoms with Gasteiger partial charge in [0.15, 0.2) is 0 Å². The maximum Gasteiger partial charge on any atom is 0.236 e. The van der Waals surface area contributed by atoms with E-state index in [-0.39, 0.29) is 11.8 Å². The van der Waals surface area contributed by atoms with Crippen LogP contribution in [0.3, 0.4) is 0 Å². The maximum atomic E-state index is 11.4. The number of carbonyl (C=O) groups is 1. The van der Waals surface area contributed by atoms with Crippen LogP contribution < -0.4 is 11.3 Å². The predicted octanol–water partition coefficient (Wildman–Crippen LogP) is 2.02. The largest absolute Gasteiger partial charge is 0.294 e. The number of hydrogen-bond donors (Lipinski definition) is 2. The van der Waals surface area contributed by atoms with Gasteiger partial charge in [-0.05, 0) is 39.5 Å². The number of thiazole rings is 1. The SMILES string of the molecule is Cc1nc(C2CCC(C(=O)NN)CC2)sc1C. The molecule has 1 aliphatic carbocycles. The topological polar surface area (TPSA) is 68.0 Å². The van der Waals surface area contributed by atoms with Gasteiger partial charge in [-0.2, -0.15) is 0 Å². The Balaban J connectivity index is 1.97. The van der Waals surface area contributed by atoms with Crippen LogP contribution in [-0.2, 0) is 4.79 Å². The summed E-state index contributed by atoms with van der Waals surface area (Å²) < 4.78 is 0. The van der Waals surface area contributed by atoms with Crippen molar-refractivity contribution in [3.8, 4) is 0 Å². The Kier molecular flexibility index (Phi) is 3.79. The first-order chi connectivity index (χ1) is 8.11. The van der Waals surface area contributed by atoms with E-state index < -0.39 is 0 Å². The fourth-order valence-electron chi connectivity index (χ4n) is 2.39. The van der Waals surface area contributed by atoms with Crippen LogP contribution in [-0.4, -0.2) is 10.9 Å². The average molecular weight is 253 g/mol. The summed E-state index contributed by atoms with van der Waals surface area (Å²) in [5.41, 5.74) is 3.40. The molecule has 5 heteroatoms.